The Hall–Kier alpha value is -4.08. The number of carbonyl (C=O) groups excluding carboxylic acids is 1. The maximum atomic E-state index is 13.4. The van der Waals surface area contributed by atoms with Crippen molar-refractivity contribution in [3.05, 3.63) is 71.2 Å². The van der Waals surface area contributed by atoms with Gasteiger partial charge in [-0.05, 0) is 48.7 Å². The molecule has 2 aromatic heterocycles. The molecule has 0 aliphatic heterocycles. The maximum absolute atomic E-state index is 13.4. The standard InChI is InChI=1S/C22H19F3N6O/c1-13-5-7-27-12-18(13)15-3-4-17(14(2)9-15)21(32)30-16-10-19(22(23,24)25)20(28-11-16)31-29-8-6-26/h3-12,26H,1-2H3,(H,28,31)(H,30,32)/b26-6?,29-8-. The average molecular weight is 440 g/mol. The molecule has 164 valence electrons. The third-order valence-corrected chi connectivity index (χ3v) is 4.59. The van der Waals surface area contributed by atoms with Crippen LogP contribution in [0.5, 0.6) is 0 Å². The molecule has 10 heteroatoms. The number of aryl methyl sites for hydroxylation is 2. The van der Waals surface area contributed by atoms with Crippen molar-refractivity contribution in [3.8, 4) is 11.1 Å². The van der Waals surface area contributed by atoms with Gasteiger partial charge in [-0.1, -0.05) is 12.1 Å². The molecule has 1 amide bonds. The average Bonchev–Trinajstić information content (AvgIpc) is 2.74. The molecule has 0 spiro atoms. The van der Waals surface area contributed by atoms with Crippen LogP contribution < -0.4 is 10.7 Å². The van der Waals surface area contributed by atoms with Gasteiger partial charge in [-0.2, -0.15) is 18.3 Å². The summed E-state index contributed by atoms with van der Waals surface area (Å²) in [4.78, 5) is 20.5. The predicted molar refractivity (Wildman–Crippen MR) is 117 cm³/mol. The fourth-order valence-electron chi connectivity index (χ4n) is 3.02. The van der Waals surface area contributed by atoms with Crippen molar-refractivity contribution in [2.45, 2.75) is 20.0 Å². The van der Waals surface area contributed by atoms with Gasteiger partial charge in [0.1, 0.15) is 5.56 Å². The van der Waals surface area contributed by atoms with Gasteiger partial charge in [-0.3, -0.25) is 15.2 Å². The fraction of sp³-hybridized carbons (Fsp3) is 0.136. The van der Waals surface area contributed by atoms with Gasteiger partial charge in [0.2, 0.25) is 0 Å². The van der Waals surface area contributed by atoms with Gasteiger partial charge >= 0.3 is 6.18 Å². The SMILES string of the molecule is Cc1cc(-c2cnccc2C)ccc1C(=O)Nc1cnc(N/N=C\C=N)c(C(F)(F)F)c1. The number of rotatable bonds is 6. The number of amides is 1. The summed E-state index contributed by atoms with van der Waals surface area (Å²) in [5.41, 5.74) is 4.74. The lowest BCUT2D eigenvalue weighted by atomic mass is 9.98. The van der Waals surface area contributed by atoms with Gasteiger partial charge in [0.25, 0.3) is 5.91 Å². The number of halogens is 3. The molecule has 0 aliphatic rings. The number of anilines is 2. The van der Waals surface area contributed by atoms with Crippen LogP contribution in [-0.4, -0.2) is 28.3 Å². The van der Waals surface area contributed by atoms with Crippen LogP contribution in [-0.2, 0) is 6.18 Å². The van der Waals surface area contributed by atoms with Crippen molar-refractivity contribution in [1.29, 1.82) is 5.41 Å². The molecule has 0 atom stereocenters. The van der Waals surface area contributed by atoms with Crippen molar-refractivity contribution in [3.63, 3.8) is 0 Å². The van der Waals surface area contributed by atoms with E-state index in [2.05, 4.69) is 25.8 Å². The number of carbonyl (C=O) groups is 1. The summed E-state index contributed by atoms with van der Waals surface area (Å²) in [6.07, 6.45) is 1.57. The minimum atomic E-state index is -4.73. The number of hydrogen-bond acceptors (Lipinski definition) is 6. The molecule has 3 N–H and O–H groups in total. The van der Waals surface area contributed by atoms with Crippen molar-refractivity contribution >= 4 is 29.8 Å². The van der Waals surface area contributed by atoms with Gasteiger partial charge in [-0.15, -0.1) is 0 Å². The molecule has 0 fully saturated rings. The largest absolute Gasteiger partial charge is 0.420 e. The van der Waals surface area contributed by atoms with Gasteiger partial charge in [0, 0.05) is 29.7 Å². The highest BCUT2D eigenvalue weighted by atomic mass is 19.4. The second-order valence-electron chi connectivity index (χ2n) is 6.85. The van der Waals surface area contributed by atoms with E-state index in [1.54, 1.807) is 31.5 Å². The highest BCUT2D eigenvalue weighted by Gasteiger charge is 2.35. The summed E-state index contributed by atoms with van der Waals surface area (Å²) in [5, 5.41) is 12.7. The Balaban J connectivity index is 1.86. The minimum absolute atomic E-state index is 0.115. The summed E-state index contributed by atoms with van der Waals surface area (Å²) in [6.45, 7) is 3.70. The van der Waals surface area contributed by atoms with E-state index in [0.29, 0.717) is 11.1 Å². The van der Waals surface area contributed by atoms with E-state index in [-0.39, 0.29) is 5.69 Å². The van der Waals surface area contributed by atoms with Crippen LogP contribution in [0.1, 0.15) is 27.0 Å². The van der Waals surface area contributed by atoms with Crippen molar-refractivity contribution in [2.24, 2.45) is 5.10 Å². The third kappa shape index (κ3) is 5.15. The van der Waals surface area contributed by atoms with Crippen LogP contribution in [0.3, 0.4) is 0 Å². The Morgan fingerprint density at radius 1 is 1.12 bits per heavy atom. The number of pyridine rings is 2. The lowest BCUT2D eigenvalue weighted by Crippen LogP contribution is -2.16. The van der Waals surface area contributed by atoms with Crippen molar-refractivity contribution < 1.29 is 18.0 Å². The van der Waals surface area contributed by atoms with Gasteiger partial charge < -0.3 is 10.7 Å². The second-order valence-corrected chi connectivity index (χ2v) is 6.85. The summed E-state index contributed by atoms with van der Waals surface area (Å²) >= 11 is 0. The zero-order valence-electron chi connectivity index (χ0n) is 17.2. The number of hydrazone groups is 1. The number of benzene rings is 1. The Labute approximate surface area is 181 Å². The molecule has 0 saturated heterocycles. The first-order valence-corrected chi connectivity index (χ1v) is 9.39. The minimum Gasteiger partial charge on any atom is -0.321 e. The van der Waals surface area contributed by atoms with Gasteiger partial charge in [0.15, 0.2) is 5.82 Å². The van der Waals surface area contributed by atoms with Gasteiger partial charge in [-0.25, -0.2) is 4.98 Å². The van der Waals surface area contributed by atoms with E-state index in [4.69, 9.17) is 5.41 Å². The van der Waals surface area contributed by atoms with E-state index in [1.165, 1.54) is 0 Å². The molecule has 3 rings (SSSR count). The third-order valence-electron chi connectivity index (χ3n) is 4.59. The Kier molecular flexibility index (Phi) is 6.62. The molecule has 0 aliphatic carbocycles. The first kappa shape index (κ1) is 22.6. The lowest BCUT2D eigenvalue weighted by Gasteiger charge is -2.14. The normalized spacial score (nSPS) is 11.4. The quantitative estimate of drug-likeness (QED) is 0.367. The van der Waals surface area contributed by atoms with Crippen LogP contribution in [0.15, 0.2) is 54.0 Å². The molecule has 3 aromatic rings. The van der Waals surface area contributed by atoms with E-state index >= 15 is 0 Å². The Morgan fingerprint density at radius 3 is 2.56 bits per heavy atom. The van der Waals surface area contributed by atoms with Crippen molar-refractivity contribution in [1.82, 2.24) is 9.97 Å². The maximum Gasteiger partial charge on any atom is 0.420 e. The zero-order valence-corrected chi connectivity index (χ0v) is 17.2. The van der Waals surface area contributed by atoms with Crippen LogP contribution in [0, 0.1) is 19.3 Å². The highest BCUT2D eigenvalue weighted by Crippen LogP contribution is 2.35. The second kappa shape index (κ2) is 9.38. The number of alkyl halides is 3. The lowest BCUT2D eigenvalue weighted by molar-refractivity contribution is -0.137. The molecule has 32 heavy (non-hydrogen) atoms. The molecular weight excluding hydrogens is 421 g/mol. The number of nitrogens with zero attached hydrogens (tertiary/aromatic N) is 3. The van der Waals surface area contributed by atoms with Crippen LogP contribution in [0.4, 0.5) is 24.7 Å². The number of hydrogen-bond donors (Lipinski definition) is 3. The monoisotopic (exact) mass is 440 g/mol. The van der Waals surface area contributed by atoms with E-state index in [9.17, 15) is 18.0 Å². The number of aromatic nitrogens is 2. The smallest absolute Gasteiger partial charge is 0.321 e. The van der Waals surface area contributed by atoms with Gasteiger partial charge in [0.05, 0.1) is 18.1 Å². The predicted octanol–water partition coefficient (Wildman–Crippen LogP) is 5.08. The molecule has 1 aromatic carbocycles. The Bertz CT molecular complexity index is 1190. The van der Waals surface area contributed by atoms with E-state index in [1.807, 2.05) is 19.1 Å². The van der Waals surface area contributed by atoms with Crippen molar-refractivity contribution in [2.75, 3.05) is 10.7 Å². The molecular formula is C22H19F3N6O. The fourth-order valence-corrected chi connectivity index (χ4v) is 3.02. The highest BCUT2D eigenvalue weighted by molar-refractivity contribution is 6.14. The summed E-state index contributed by atoms with van der Waals surface area (Å²) in [6, 6.07) is 7.86. The Morgan fingerprint density at radius 2 is 1.91 bits per heavy atom. The zero-order chi connectivity index (χ0) is 23.3. The molecule has 2 heterocycles. The molecule has 0 bridgehead atoms. The topological polar surface area (TPSA) is 103 Å². The summed E-state index contributed by atoms with van der Waals surface area (Å²) in [5.74, 6) is -1.10. The van der Waals surface area contributed by atoms with Crippen LogP contribution >= 0.6 is 0 Å². The van der Waals surface area contributed by atoms with E-state index < -0.39 is 23.5 Å². The molecule has 0 radical (unpaired) electrons. The number of nitrogens with one attached hydrogen (secondary N) is 3. The van der Waals surface area contributed by atoms with E-state index in [0.717, 1.165) is 41.4 Å². The van der Waals surface area contributed by atoms with Crippen LogP contribution in [0.2, 0.25) is 0 Å². The molecule has 0 saturated carbocycles. The first-order valence-electron chi connectivity index (χ1n) is 9.39. The molecule has 7 nitrogen and oxygen atoms in total. The first-order chi connectivity index (χ1) is 15.2. The molecule has 0 unspecified atom stereocenters. The summed E-state index contributed by atoms with van der Waals surface area (Å²) in [7, 11) is 0. The van der Waals surface area contributed by atoms with Crippen LogP contribution in [0.25, 0.3) is 11.1 Å². The summed E-state index contributed by atoms with van der Waals surface area (Å²) < 4.78 is 40.2.